The van der Waals surface area contributed by atoms with Crippen LogP contribution in [0.4, 0.5) is 13.2 Å². The van der Waals surface area contributed by atoms with Crippen LogP contribution in [0, 0.1) is 0 Å². The van der Waals surface area contributed by atoms with Gasteiger partial charge in [0.15, 0.2) is 0 Å². The van der Waals surface area contributed by atoms with Gasteiger partial charge in [0.25, 0.3) is 0 Å². The third-order valence-corrected chi connectivity index (χ3v) is 7.59. The highest BCUT2D eigenvalue weighted by Gasteiger charge is 2.38. The molecule has 2 aliphatic heterocycles. The summed E-state index contributed by atoms with van der Waals surface area (Å²) in [5.41, 5.74) is 2.17. The maximum atomic E-state index is 13.9. The quantitative estimate of drug-likeness (QED) is 0.549. The Balaban J connectivity index is 1.37. The summed E-state index contributed by atoms with van der Waals surface area (Å²) >= 11 is 0. The van der Waals surface area contributed by atoms with Crippen LogP contribution in [0.2, 0.25) is 0 Å². The molecule has 0 radical (unpaired) electrons. The molecule has 2 heterocycles. The second-order valence-corrected chi connectivity index (χ2v) is 9.82. The number of likely N-dealkylation sites (tertiary alicyclic amines) is 1. The maximum Gasteiger partial charge on any atom is 0.416 e. The van der Waals surface area contributed by atoms with Crippen molar-refractivity contribution in [2.75, 3.05) is 26.8 Å². The van der Waals surface area contributed by atoms with Crippen molar-refractivity contribution in [3.63, 3.8) is 0 Å². The molecule has 1 saturated heterocycles. The average molecular weight is 506 g/mol. The van der Waals surface area contributed by atoms with Gasteiger partial charge in [0, 0.05) is 44.3 Å². The topological polar surface area (TPSA) is 68.2 Å². The zero-order chi connectivity index (χ0) is 25.4. The normalized spacial score (nSPS) is 22.2. The van der Waals surface area contributed by atoms with Crippen LogP contribution in [-0.4, -0.2) is 48.9 Å². The summed E-state index contributed by atoms with van der Waals surface area (Å²) in [7, 11) is 1.67. The third-order valence-electron chi connectivity index (χ3n) is 7.59. The number of hydrogen-bond acceptors (Lipinski definition) is 5. The second kappa shape index (κ2) is 9.94. The zero-order valence-electron chi connectivity index (χ0n) is 20.1. The zero-order valence-corrected chi connectivity index (χ0v) is 20.1. The Hall–Kier alpha value is -2.78. The number of alkyl halides is 3. The monoisotopic (exact) mass is 505 g/mol. The molecule has 3 aliphatic rings. The van der Waals surface area contributed by atoms with E-state index in [-0.39, 0.29) is 31.1 Å². The molecule has 2 aromatic carbocycles. The maximum absolute atomic E-state index is 13.9. The van der Waals surface area contributed by atoms with Crippen molar-refractivity contribution in [2.24, 2.45) is 0 Å². The van der Waals surface area contributed by atoms with Crippen LogP contribution in [0.3, 0.4) is 0 Å². The Morgan fingerprint density at radius 2 is 1.89 bits per heavy atom. The summed E-state index contributed by atoms with van der Waals surface area (Å²) < 4.78 is 59.2. The summed E-state index contributed by atoms with van der Waals surface area (Å²) in [6, 6.07) is 8.11. The molecular weight excluding hydrogens is 475 g/mol. The van der Waals surface area contributed by atoms with Crippen molar-refractivity contribution in [2.45, 2.75) is 63.0 Å². The lowest BCUT2D eigenvalue weighted by atomic mass is 9.95. The van der Waals surface area contributed by atoms with E-state index in [1.165, 1.54) is 6.07 Å². The molecule has 5 rings (SSSR count). The molecular formula is C27H30F3NO5. The molecule has 1 fully saturated rings. The fourth-order valence-corrected chi connectivity index (χ4v) is 5.71. The molecule has 2 aromatic rings. The van der Waals surface area contributed by atoms with E-state index in [1.54, 1.807) is 25.3 Å². The molecule has 0 unspecified atom stereocenters. The Morgan fingerprint density at radius 1 is 1.14 bits per heavy atom. The molecule has 0 amide bonds. The van der Waals surface area contributed by atoms with Gasteiger partial charge in [-0.15, -0.1) is 0 Å². The van der Waals surface area contributed by atoms with Gasteiger partial charge in [0.2, 0.25) is 0 Å². The molecule has 0 aromatic heterocycles. The van der Waals surface area contributed by atoms with Crippen LogP contribution in [0.15, 0.2) is 30.3 Å². The Labute approximate surface area is 207 Å². The standard InChI is InChI=1S/C27H30F3NO5/c1-34-17-8-10-31(11-9-17)14-22-20-5-7-24(21(20)4-6-23(22)27(28,29)30)36-18-2-3-19-16(12-26(32)33)15-35-25(19)13-18/h2-4,6,13,16-17,24H,5,7-12,14-15H2,1H3,(H,32,33)/t16-,24-/m1/s1. The number of halogens is 3. The largest absolute Gasteiger partial charge is 0.492 e. The van der Waals surface area contributed by atoms with Crippen LogP contribution >= 0.6 is 0 Å². The molecule has 6 nitrogen and oxygen atoms in total. The summed E-state index contributed by atoms with van der Waals surface area (Å²) in [5, 5.41) is 9.10. The lowest BCUT2D eigenvalue weighted by Gasteiger charge is -2.32. The summed E-state index contributed by atoms with van der Waals surface area (Å²) in [6.45, 7) is 1.98. The van der Waals surface area contributed by atoms with Gasteiger partial charge in [-0.2, -0.15) is 13.2 Å². The molecule has 194 valence electrons. The van der Waals surface area contributed by atoms with E-state index in [1.807, 2.05) is 6.07 Å². The van der Waals surface area contributed by atoms with Crippen molar-refractivity contribution in [1.82, 2.24) is 4.90 Å². The van der Waals surface area contributed by atoms with E-state index >= 15 is 0 Å². The van der Waals surface area contributed by atoms with Gasteiger partial charge in [-0.05, 0) is 54.5 Å². The van der Waals surface area contributed by atoms with Crippen LogP contribution in [-0.2, 0) is 28.7 Å². The van der Waals surface area contributed by atoms with Crippen molar-refractivity contribution >= 4 is 5.97 Å². The minimum absolute atomic E-state index is 0.00331. The molecule has 36 heavy (non-hydrogen) atoms. The van der Waals surface area contributed by atoms with E-state index in [0.29, 0.717) is 49.6 Å². The summed E-state index contributed by atoms with van der Waals surface area (Å²) in [6.07, 6.45) is -1.87. The minimum atomic E-state index is -4.42. The first-order chi connectivity index (χ1) is 17.2. The lowest BCUT2D eigenvalue weighted by molar-refractivity contribution is -0.139. The van der Waals surface area contributed by atoms with Gasteiger partial charge < -0.3 is 19.3 Å². The summed E-state index contributed by atoms with van der Waals surface area (Å²) in [5.74, 6) is 0.0858. The predicted octanol–water partition coefficient (Wildman–Crippen LogP) is 5.33. The number of hydrogen-bond donors (Lipinski definition) is 1. The third kappa shape index (κ3) is 5.04. The number of piperidine rings is 1. The van der Waals surface area contributed by atoms with Gasteiger partial charge in [-0.3, -0.25) is 9.69 Å². The summed E-state index contributed by atoms with van der Waals surface area (Å²) in [4.78, 5) is 13.2. The highest BCUT2D eigenvalue weighted by Crippen LogP contribution is 2.44. The Morgan fingerprint density at radius 3 is 2.58 bits per heavy atom. The predicted molar refractivity (Wildman–Crippen MR) is 125 cm³/mol. The van der Waals surface area contributed by atoms with E-state index < -0.39 is 17.7 Å². The molecule has 0 bridgehead atoms. The number of carboxylic acids is 1. The molecule has 0 saturated carbocycles. The van der Waals surface area contributed by atoms with E-state index in [2.05, 4.69) is 4.90 Å². The van der Waals surface area contributed by atoms with Crippen molar-refractivity contribution in [3.05, 3.63) is 58.1 Å². The van der Waals surface area contributed by atoms with E-state index in [0.717, 1.165) is 29.5 Å². The smallest absolute Gasteiger partial charge is 0.416 e. The van der Waals surface area contributed by atoms with Crippen molar-refractivity contribution < 1.29 is 37.3 Å². The molecule has 1 N–H and O–H groups in total. The van der Waals surface area contributed by atoms with Gasteiger partial charge in [-0.1, -0.05) is 12.1 Å². The molecule has 1 aliphatic carbocycles. The number of rotatable bonds is 7. The van der Waals surface area contributed by atoms with Gasteiger partial charge >= 0.3 is 12.1 Å². The number of carbonyl (C=O) groups is 1. The number of carboxylic acid groups (broad SMARTS) is 1. The first-order valence-electron chi connectivity index (χ1n) is 12.3. The van der Waals surface area contributed by atoms with Crippen LogP contribution in [0.1, 0.15) is 65.5 Å². The Kier molecular flexibility index (Phi) is 6.87. The number of methoxy groups -OCH3 is 1. The van der Waals surface area contributed by atoms with Gasteiger partial charge in [0.05, 0.1) is 24.7 Å². The lowest BCUT2D eigenvalue weighted by Crippen LogP contribution is -2.36. The highest BCUT2D eigenvalue weighted by atomic mass is 19.4. The van der Waals surface area contributed by atoms with E-state index in [9.17, 15) is 18.0 Å². The first-order valence-corrected chi connectivity index (χ1v) is 12.3. The molecule has 2 atom stereocenters. The number of benzene rings is 2. The molecule has 0 spiro atoms. The van der Waals surface area contributed by atoms with Gasteiger partial charge in [-0.25, -0.2) is 0 Å². The Bertz CT molecular complexity index is 1130. The van der Waals surface area contributed by atoms with Crippen LogP contribution < -0.4 is 9.47 Å². The molecule has 9 heteroatoms. The fourth-order valence-electron chi connectivity index (χ4n) is 5.71. The fraction of sp³-hybridized carbons (Fsp3) is 0.519. The number of ether oxygens (including phenoxy) is 3. The van der Waals surface area contributed by atoms with Crippen LogP contribution in [0.25, 0.3) is 0 Å². The number of aliphatic carboxylic acids is 1. The van der Waals surface area contributed by atoms with Crippen molar-refractivity contribution in [3.8, 4) is 11.5 Å². The first kappa shape index (κ1) is 24.9. The second-order valence-electron chi connectivity index (χ2n) is 9.82. The van der Waals surface area contributed by atoms with Crippen molar-refractivity contribution in [1.29, 1.82) is 0 Å². The van der Waals surface area contributed by atoms with Crippen LogP contribution in [0.5, 0.6) is 11.5 Å². The number of fused-ring (bicyclic) bond motifs is 2. The van der Waals surface area contributed by atoms with Gasteiger partial charge in [0.1, 0.15) is 17.6 Å². The highest BCUT2D eigenvalue weighted by molar-refractivity contribution is 5.68. The minimum Gasteiger partial charge on any atom is -0.492 e. The number of nitrogens with zero attached hydrogens (tertiary/aromatic N) is 1. The van der Waals surface area contributed by atoms with E-state index in [4.69, 9.17) is 19.3 Å². The SMILES string of the molecule is COC1CCN(Cc2c(C(F)(F)F)ccc3c2CC[C@H]3Oc2ccc3c(c2)OC[C@H]3CC(=O)O)CC1. The average Bonchev–Trinajstić information content (AvgIpc) is 3.43.